The largest absolute Gasteiger partial charge is 0.491 e. The Morgan fingerprint density at radius 3 is 2.76 bits per heavy atom. The number of ether oxygens (including phenoxy) is 1. The van der Waals surface area contributed by atoms with Crippen molar-refractivity contribution in [2.45, 2.75) is 20.8 Å². The van der Waals surface area contributed by atoms with Gasteiger partial charge in [0, 0.05) is 24.0 Å². The first-order valence-electron chi connectivity index (χ1n) is 11.1. The van der Waals surface area contributed by atoms with Crippen molar-refractivity contribution >= 4 is 45.8 Å². The van der Waals surface area contributed by atoms with E-state index in [0.29, 0.717) is 45.9 Å². The standard InChI is InChI=1S/C24H27ClN6O3/c1-4-31(5-2)11-12-33-19-10-9-16(13-17(19)25)27-23-26-14-15(3)22(30-23)28-18-7-6-8-20-21(18)29-24(32)34-20/h6-10,13-14H,4-5,11-12H2,1-3H3,(H,29,32)(H2,26,27,28,30). The molecule has 4 rings (SSSR count). The number of nitrogens with one attached hydrogen (secondary N) is 3. The number of H-pyrrole nitrogens is 1. The molecule has 3 N–H and O–H groups in total. The highest BCUT2D eigenvalue weighted by Crippen LogP contribution is 2.30. The third kappa shape index (κ3) is 5.49. The molecule has 2 heterocycles. The Morgan fingerprint density at radius 1 is 1.18 bits per heavy atom. The van der Waals surface area contributed by atoms with Crippen molar-refractivity contribution in [3.63, 3.8) is 0 Å². The minimum atomic E-state index is -0.511. The fraction of sp³-hybridized carbons (Fsp3) is 0.292. The van der Waals surface area contributed by atoms with Gasteiger partial charge in [-0.1, -0.05) is 31.5 Å². The van der Waals surface area contributed by atoms with E-state index in [1.54, 1.807) is 24.4 Å². The third-order valence-electron chi connectivity index (χ3n) is 5.43. The second-order valence-electron chi connectivity index (χ2n) is 7.69. The van der Waals surface area contributed by atoms with E-state index in [4.69, 9.17) is 20.8 Å². The van der Waals surface area contributed by atoms with Crippen LogP contribution in [-0.2, 0) is 0 Å². The lowest BCUT2D eigenvalue weighted by atomic mass is 10.2. The van der Waals surface area contributed by atoms with Crippen LogP contribution in [0.3, 0.4) is 0 Å². The van der Waals surface area contributed by atoms with Crippen LogP contribution >= 0.6 is 11.6 Å². The molecule has 10 heteroatoms. The number of fused-ring (bicyclic) bond motifs is 1. The number of halogens is 1. The molecule has 0 aliphatic rings. The van der Waals surface area contributed by atoms with Crippen molar-refractivity contribution in [1.29, 1.82) is 0 Å². The fourth-order valence-corrected chi connectivity index (χ4v) is 3.72. The van der Waals surface area contributed by atoms with Gasteiger partial charge in [0.15, 0.2) is 5.58 Å². The number of aryl methyl sites for hydroxylation is 1. The van der Waals surface area contributed by atoms with Gasteiger partial charge in [-0.25, -0.2) is 9.78 Å². The normalized spacial score (nSPS) is 11.2. The minimum Gasteiger partial charge on any atom is -0.491 e. The van der Waals surface area contributed by atoms with E-state index in [1.165, 1.54) is 0 Å². The maximum atomic E-state index is 11.6. The van der Waals surface area contributed by atoms with Gasteiger partial charge in [0.25, 0.3) is 0 Å². The lowest BCUT2D eigenvalue weighted by Crippen LogP contribution is -2.27. The van der Waals surface area contributed by atoms with Gasteiger partial charge in [-0.15, -0.1) is 0 Å². The average molecular weight is 483 g/mol. The summed E-state index contributed by atoms with van der Waals surface area (Å²) in [5, 5.41) is 6.92. The predicted molar refractivity (Wildman–Crippen MR) is 135 cm³/mol. The lowest BCUT2D eigenvalue weighted by molar-refractivity contribution is 0.223. The molecular formula is C24H27ClN6O3. The molecule has 4 aromatic rings. The summed E-state index contributed by atoms with van der Waals surface area (Å²) in [6, 6.07) is 10.8. The molecule has 0 amide bonds. The molecule has 0 aliphatic heterocycles. The van der Waals surface area contributed by atoms with E-state index >= 15 is 0 Å². The van der Waals surface area contributed by atoms with Gasteiger partial charge in [-0.2, -0.15) is 4.98 Å². The Labute approximate surface area is 202 Å². The Morgan fingerprint density at radius 2 is 2.00 bits per heavy atom. The highest BCUT2D eigenvalue weighted by molar-refractivity contribution is 6.32. The van der Waals surface area contributed by atoms with Crippen LogP contribution in [0, 0.1) is 6.92 Å². The van der Waals surface area contributed by atoms with Crippen molar-refractivity contribution in [3.05, 3.63) is 63.7 Å². The summed E-state index contributed by atoms with van der Waals surface area (Å²) in [5.41, 5.74) is 3.28. The topological polar surface area (TPSA) is 108 Å². The van der Waals surface area contributed by atoms with Crippen LogP contribution in [-0.4, -0.2) is 46.1 Å². The number of rotatable bonds is 10. The summed E-state index contributed by atoms with van der Waals surface area (Å²) in [6.07, 6.45) is 1.71. The number of benzene rings is 2. The molecule has 0 bridgehead atoms. The monoisotopic (exact) mass is 482 g/mol. The van der Waals surface area contributed by atoms with Crippen molar-refractivity contribution in [3.8, 4) is 5.75 Å². The number of hydrogen-bond donors (Lipinski definition) is 3. The number of aromatic amines is 1. The maximum absolute atomic E-state index is 11.6. The van der Waals surface area contributed by atoms with Gasteiger partial charge in [0.2, 0.25) is 5.95 Å². The Hall–Kier alpha value is -3.56. The highest BCUT2D eigenvalue weighted by atomic mass is 35.5. The quantitative estimate of drug-likeness (QED) is 0.287. The van der Waals surface area contributed by atoms with E-state index in [9.17, 15) is 4.79 Å². The Bertz CT molecular complexity index is 1330. The predicted octanol–water partition coefficient (Wildman–Crippen LogP) is 5.08. The summed E-state index contributed by atoms with van der Waals surface area (Å²) in [5.74, 6) is 1.11. The molecular weight excluding hydrogens is 456 g/mol. The first-order chi connectivity index (χ1) is 16.5. The van der Waals surface area contributed by atoms with Gasteiger partial charge in [-0.3, -0.25) is 4.98 Å². The van der Waals surface area contributed by atoms with Crippen LogP contribution in [0.2, 0.25) is 5.02 Å². The second-order valence-corrected chi connectivity index (χ2v) is 8.10. The van der Waals surface area contributed by atoms with Gasteiger partial charge in [0.05, 0.1) is 10.7 Å². The molecule has 34 heavy (non-hydrogen) atoms. The van der Waals surface area contributed by atoms with Crippen LogP contribution in [0.15, 0.2) is 51.8 Å². The molecule has 0 atom stereocenters. The molecule has 0 spiro atoms. The van der Waals surface area contributed by atoms with E-state index in [1.807, 2.05) is 25.1 Å². The number of hydrogen-bond acceptors (Lipinski definition) is 8. The van der Waals surface area contributed by atoms with Crippen molar-refractivity contribution in [1.82, 2.24) is 19.9 Å². The van der Waals surface area contributed by atoms with E-state index in [2.05, 4.69) is 44.3 Å². The third-order valence-corrected chi connectivity index (χ3v) is 5.72. The number of para-hydroxylation sites is 1. The number of nitrogens with zero attached hydrogens (tertiary/aromatic N) is 3. The van der Waals surface area contributed by atoms with E-state index in [-0.39, 0.29) is 0 Å². The Kier molecular flexibility index (Phi) is 7.34. The van der Waals surface area contributed by atoms with E-state index in [0.717, 1.165) is 30.9 Å². The maximum Gasteiger partial charge on any atom is 0.417 e. The number of anilines is 4. The molecule has 0 saturated heterocycles. The second kappa shape index (κ2) is 10.6. The zero-order valence-electron chi connectivity index (χ0n) is 19.3. The molecule has 2 aromatic heterocycles. The van der Waals surface area contributed by atoms with Crippen LogP contribution in [0.5, 0.6) is 5.75 Å². The molecule has 2 aromatic carbocycles. The average Bonchev–Trinajstić information content (AvgIpc) is 3.21. The van der Waals surface area contributed by atoms with Gasteiger partial charge in [-0.05, 0) is 50.3 Å². The smallest absolute Gasteiger partial charge is 0.417 e. The molecule has 0 aliphatic carbocycles. The fourth-order valence-electron chi connectivity index (χ4n) is 3.48. The van der Waals surface area contributed by atoms with Crippen molar-refractivity contribution in [2.24, 2.45) is 0 Å². The number of oxazole rings is 1. The summed E-state index contributed by atoms with van der Waals surface area (Å²) < 4.78 is 11.0. The number of likely N-dealkylation sites (N-methyl/N-ethyl adjacent to an activating group) is 1. The molecule has 0 fully saturated rings. The Balaban J connectivity index is 1.47. The minimum absolute atomic E-state index is 0.396. The molecule has 0 unspecified atom stereocenters. The molecule has 0 saturated carbocycles. The van der Waals surface area contributed by atoms with Crippen molar-refractivity contribution in [2.75, 3.05) is 36.9 Å². The zero-order valence-corrected chi connectivity index (χ0v) is 20.1. The van der Waals surface area contributed by atoms with Crippen LogP contribution < -0.4 is 21.1 Å². The number of aromatic nitrogens is 3. The highest BCUT2D eigenvalue weighted by Gasteiger charge is 2.11. The SMILES string of the molecule is CCN(CC)CCOc1ccc(Nc2ncc(C)c(Nc3cccc4oc(=O)[nH]c34)n2)cc1Cl. The first kappa shape index (κ1) is 23.6. The summed E-state index contributed by atoms with van der Waals surface area (Å²) in [7, 11) is 0. The van der Waals surface area contributed by atoms with Crippen LogP contribution in [0.1, 0.15) is 19.4 Å². The summed E-state index contributed by atoms with van der Waals surface area (Å²) in [6.45, 7) is 9.53. The first-order valence-corrected chi connectivity index (χ1v) is 11.5. The van der Waals surface area contributed by atoms with Crippen LogP contribution in [0.25, 0.3) is 11.1 Å². The summed E-state index contributed by atoms with van der Waals surface area (Å²) >= 11 is 6.43. The molecule has 0 radical (unpaired) electrons. The van der Waals surface area contributed by atoms with Gasteiger partial charge >= 0.3 is 5.76 Å². The van der Waals surface area contributed by atoms with Crippen LogP contribution in [0.4, 0.5) is 23.1 Å². The zero-order chi connectivity index (χ0) is 24.1. The van der Waals surface area contributed by atoms with Gasteiger partial charge < -0.3 is 24.7 Å². The van der Waals surface area contributed by atoms with E-state index < -0.39 is 5.76 Å². The lowest BCUT2D eigenvalue weighted by Gasteiger charge is -2.18. The summed E-state index contributed by atoms with van der Waals surface area (Å²) in [4.78, 5) is 25.5. The molecule has 9 nitrogen and oxygen atoms in total. The van der Waals surface area contributed by atoms with Gasteiger partial charge in [0.1, 0.15) is 23.7 Å². The van der Waals surface area contributed by atoms with Crippen molar-refractivity contribution < 1.29 is 9.15 Å². The molecule has 178 valence electrons.